The summed E-state index contributed by atoms with van der Waals surface area (Å²) in [7, 11) is -2.10. The molecule has 0 saturated carbocycles. The molecule has 9 aromatic carbocycles. The Morgan fingerprint density at radius 2 is 0.924 bits per heavy atom. The fraction of sp³-hybridized carbons (Fsp3) is 0.115. The molecule has 0 unspecified atom stereocenters. The largest absolute Gasteiger partial charge is 0.311 e. The van der Waals surface area contributed by atoms with Crippen molar-refractivity contribution in [2.75, 3.05) is 14.7 Å². The number of anilines is 9. The number of nitrogens with zero attached hydrogens (tertiary/aromatic N) is 3. The summed E-state index contributed by atoms with van der Waals surface area (Å²) in [6, 6.07) is 74.8. The van der Waals surface area contributed by atoms with Crippen molar-refractivity contribution in [3.8, 4) is 0 Å². The first-order valence-electron chi connectivity index (χ1n) is 23.5. The van der Waals surface area contributed by atoms with Gasteiger partial charge in [0.05, 0.1) is 16.8 Å². The molecule has 0 aromatic heterocycles. The molecule has 0 bridgehead atoms. The van der Waals surface area contributed by atoms with Gasteiger partial charge in [0.15, 0.2) is 0 Å². The highest BCUT2D eigenvalue weighted by Crippen LogP contribution is 2.60. The Balaban J connectivity index is 1.19. The average Bonchev–Trinajstić information content (AvgIpc) is 3.34. The summed E-state index contributed by atoms with van der Waals surface area (Å²) >= 11 is 0. The third-order valence-electron chi connectivity index (χ3n) is 15.3. The highest BCUT2D eigenvalue weighted by molar-refractivity contribution is 7.02. The molecule has 0 atom stereocenters. The molecule has 0 radical (unpaired) electrons. The Morgan fingerprint density at radius 1 is 0.409 bits per heavy atom. The summed E-state index contributed by atoms with van der Waals surface area (Å²) in [4.78, 5) is 7.67. The molecule has 4 heterocycles. The highest BCUT2D eigenvalue weighted by atomic mass is 28.3. The van der Waals surface area contributed by atoms with Gasteiger partial charge in [-0.25, -0.2) is 0 Å². The molecule has 9 aromatic rings. The maximum Gasteiger partial charge on any atom is 0.252 e. The van der Waals surface area contributed by atoms with Crippen LogP contribution in [0.1, 0.15) is 44.5 Å². The van der Waals surface area contributed by atoms with Crippen LogP contribution in [0.3, 0.4) is 0 Å². The molecule has 1 spiro atoms. The van der Waals surface area contributed by atoms with Gasteiger partial charge in [0, 0.05) is 39.8 Å². The summed E-state index contributed by atoms with van der Waals surface area (Å²) in [6.45, 7) is 13.9. The van der Waals surface area contributed by atoms with Crippen LogP contribution < -0.4 is 41.5 Å². The standard InChI is InChI=1S/C61H50BN3Si/c1-39-22-29-43(30-23-39)63(44-31-24-40(2)25-32-44)46-37-55-59-56(38-46)65-53-19-10-7-14-47(53)61(48-15-8-11-20-57(48)66(5,6)58-21-12-9-16-49(58)61)50-17-13-18-51(60(50)65)62(59)52-36-42(4)28-35-54(52)64(55)45-33-26-41(3)27-34-45/h7-38H,1-6H3. The number of para-hydroxylation sites is 2. The summed E-state index contributed by atoms with van der Waals surface area (Å²) in [6.07, 6.45) is 0. The van der Waals surface area contributed by atoms with Crippen LogP contribution in [0.5, 0.6) is 0 Å². The number of aryl methyl sites for hydroxylation is 4. The van der Waals surface area contributed by atoms with Crippen LogP contribution in [0.4, 0.5) is 51.2 Å². The lowest BCUT2D eigenvalue weighted by Gasteiger charge is -2.54. The molecule has 0 N–H and O–H groups in total. The van der Waals surface area contributed by atoms with E-state index in [0.29, 0.717) is 0 Å². The highest BCUT2D eigenvalue weighted by Gasteiger charge is 2.56. The lowest BCUT2D eigenvalue weighted by atomic mass is 9.33. The Labute approximate surface area is 390 Å². The Kier molecular flexibility index (Phi) is 8.33. The zero-order valence-corrected chi connectivity index (χ0v) is 39.4. The zero-order valence-electron chi connectivity index (χ0n) is 38.4. The second-order valence-corrected chi connectivity index (χ2v) is 24.0. The van der Waals surface area contributed by atoms with E-state index in [4.69, 9.17) is 0 Å². The van der Waals surface area contributed by atoms with Gasteiger partial charge in [-0.1, -0.05) is 169 Å². The third-order valence-corrected chi connectivity index (χ3v) is 18.9. The van der Waals surface area contributed by atoms with Crippen LogP contribution in [0.25, 0.3) is 0 Å². The van der Waals surface area contributed by atoms with E-state index in [9.17, 15) is 0 Å². The first-order valence-corrected chi connectivity index (χ1v) is 26.5. The van der Waals surface area contributed by atoms with Crippen LogP contribution in [0, 0.1) is 27.7 Å². The lowest BCUT2D eigenvalue weighted by molar-refractivity contribution is 0.736. The predicted molar refractivity (Wildman–Crippen MR) is 283 cm³/mol. The van der Waals surface area contributed by atoms with Crippen LogP contribution in [0.15, 0.2) is 194 Å². The normalized spacial score (nSPS) is 15.0. The van der Waals surface area contributed by atoms with Crippen LogP contribution in [-0.2, 0) is 5.41 Å². The maximum atomic E-state index is 2.67. The molecule has 66 heavy (non-hydrogen) atoms. The van der Waals surface area contributed by atoms with Gasteiger partial charge in [-0.15, -0.1) is 0 Å². The average molecular weight is 864 g/mol. The van der Waals surface area contributed by atoms with E-state index in [0.717, 1.165) is 22.7 Å². The SMILES string of the molecule is Cc1ccc(N(c2ccc(C)cc2)c2cc3c4c(c2)N2c5ccccc5C5(c6ccccc6[Si](C)(C)c6ccccc65)c5cccc(c52)B4c2cc(C)ccc2N3c2ccc(C)cc2)cc1. The first kappa shape index (κ1) is 39.1. The minimum atomic E-state index is -2.10. The van der Waals surface area contributed by atoms with E-state index in [1.165, 1.54) is 99.7 Å². The van der Waals surface area contributed by atoms with E-state index in [2.05, 4.69) is 250 Å². The van der Waals surface area contributed by atoms with Gasteiger partial charge in [0.25, 0.3) is 6.71 Å². The van der Waals surface area contributed by atoms with Crippen molar-refractivity contribution in [2.45, 2.75) is 46.2 Å². The van der Waals surface area contributed by atoms with E-state index < -0.39 is 13.5 Å². The fourth-order valence-electron chi connectivity index (χ4n) is 12.4. The molecule has 4 aliphatic heterocycles. The predicted octanol–water partition coefficient (Wildman–Crippen LogP) is 12.3. The Bertz CT molecular complexity index is 3370. The molecule has 5 heteroatoms. The van der Waals surface area contributed by atoms with Gasteiger partial charge in [-0.05, 0) is 137 Å². The second kappa shape index (κ2) is 14.1. The molecular formula is C61H50BN3Si. The first-order chi connectivity index (χ1) is 32.1. The Hall–Kier alpha value is -7.34. The molecular weight excluding hydrogens is 814 g/mol. The van der Waals surface area contributed by atoms with E-state index >= 15 is 0 Å². The summed E-state index contributed by atoms with van der Waals surface area (Å²) < 4.78 is 0. The van der Waals surface area contributed by atoms with E-state index in [1.807, 2.05) is 0 Å². The topological polar surface area (TPSA) is 9.72 Å². The summed E-state index contributed by atoms with van der Waals surface area (Å²) in [5.74, 6) is 0. The minimum Gasteiger partial charge on any atom is -0.311 e. The Morgan fingerprint density at radius 3 is 1.55 bits per heavy atom. The summed E-state index contributed by atoms with van der Waals surface area (Å²) in [5, 5.41) is 3.04. The molecule has 0 aliphatic carbocycles. The molecule has 0 saturated heterocycles. The minimum absolute atomic E-state index is 0.0127. The lowest BCUT2D eigenvalue weighted by Crippen LogP contribution is -2.65. The second-order valence-electron chi connectivity index (χ2n) is 19.6. The van der Waals surface area contributed by atoms with Crippen molar-refractivity contribution in [1.82, 2.24) is 0 Å². The van der Waals surface area contributed by atoms with E-state index in [1.54, 1.807) is 0 Å². The van der Waals surface area contributed by atoms with Crippen LogP contribution >= 0.6 is 0 Å². The fourth-order valence-corrected chi connectivity index (χ4v) is 15.6. The van der Waals surface area contributed by atoms with Crippen molar-refractivity contribution in [1.29, 1.82) is 0 Å². The molecule has 0 fully saturated rings. The molecule has 316 valence electrons. The van der Waals surface area contributed by atoms with Crippen LogP contribution in [0.2, 0.25) is 13.1 Å². The van der Waals surface area contributed by atoms with Crippen molar-refractivity contribution in [3.05, 3.63) is 239 Å². The van der Waals surface area contributed by atoms with Gasteiger partial charge in [0.2, 0.25) is 0 Å². The maximum absolute atomic E-state index is 2.67. The molecule has 4 aliphatic rings. The quantitative estimate of drug-likeness (QED) is 0.163. The van der Waals surface area contributed by atoms with E-state index in [-0.39, 0.29) is 6.71 Å². The van der Waals surface area contributed by atoms with Gasteiger partial charge in [-0.3, -0.25) is 0 Å². The van der Waals surface area contributed by atoms with Crippen molar-refractivity contribution in [3.63, 3.8) is 0 Å². The van der Waals surface area contributed by atoms with Crippen molar-refractivity contribution < 1.29 is 0 Å². The summed E-state index contributed by atoms with van der Waals surface area (Å²) in [5.41, 5.74) is 24.7. The van der Waals surface area contributed by atoms with Crippen LogP contribution in [-0.4, -0.2) is 14.8 Å². The van der Waals surface area contributed by atoms with Gasteiger partial charge in [0.1, 0.15) is 8.07 Å². The van der Waals surface area contributed by atoms with Gasteiger partial charge in [-0.2, -0.15) is 0 Å². The number of hydrogen-bond donors (Lipinski definition) is 0. The number of benzene rings is 9. The van der Waals surface area contributed by atoms with Crippen molar-refractivity contribution in [2.24, 2.45) is 0 Å². The number of hydrogen-bond acceptors (Lipinski definition) is 3. The number of fused-ring (bicyclic) bond motifs is 12. The van der Waals surface area contributed by atoms with Gasteiger partial charge >= 0.3 is 0 Å². The van der Waals surface area contributed by atoms with Crippen molar-refractivity contribution >= 4 is 92.7 Å². The zero-order chi connectivity index (χ0) is 44.6. The molecule has 3 nitrogen and oxygen atoms in total. The molecule has 0 amide bonds. The monoisotopic (exact) mass is 863 g/mol. The number of rotatable bonds is 4. The third kappa shape index (κ3) is 5.26. The smallest absolute Gasteiger partial charge is 0.252 e. The molecule has 13 rings (SSSR count). The van der Waals surface area contributed by atoms with Gasteiger partial charge < -0.3 is 14.7 Å².